The van der Waals surface area contributed by atoms with Crippen molar-refractivity contribution in [2.75, 3.05) is 45.6 Å². The van der Waals surface area contributed by atoms with Crippen LogP contribution in [0.4, 0.5) is 4.39 Å². The minimum absolute atomic E-state index is 0.156. The van der Waals surface area contributed by atoms with Crippen LogP contribution in [0.15, 0.2) is 30.3 Å². The molecule has 2 aliphatic rings. The zero-order valence-corrected chi connectivity index (χ0v) is 18.5. The zero-order valence-electron chi connectivity index (χ0n) is 17.7. The molecule has 1 atom stereocenters. The van der Waals surface area contributed by atoms with Crippen LogP contribution in [0.5, 0.6) is 5.75 Å². The van der Waals surface area contributed by atoms with Crippen LogP contribution in [0.25, 0.3) is 5.57 Å². The lowest BCUT2D eigenvalue weighted by Crippen LogP contribution is -2.43. The second-order valence-corrected chi connectivity index (χ2v) is 10.5. The minimum atomic E-state index is -3.14. The standard InChI is InChI=1S/C22H31FN2O4S/c1-22(23,17-26)16-24-11-7-18(8-12-24)15-29-21-5-3-19(4-6-21)20-9-13-25(14-10-20)30(2,27)28/h3-6,9,17-18H,7-8,10-16H2,1-2H3. The van der Waals surface area contributed by atoms with Gasteiger partial charge < -0.3 is 4.74 Å². The Hall–Kier alpha value is -1.77. The minimum Gasteiger partial charge on any atom is -0.493 e. The van der Waals surface area contributed by atoms with E-state index in [4.69, 9.17) is 4.74 Å². The van der Waals surface area contributed by atoms with Gasteiger partial charge in [-0.25, -0.2) is 12.8 Å². The van der Waals surface area contributed by atoms with E-state index in [0.29, 0.717) is 38.3 Å². The number of piperidine rings is 1. The Bertz CT molecular complexity index is 860. The number of aldehydes is 1. The number of ether oxygens (including phenoxy) is 1. The number of nitrogens with zero attached hydrogens (tertiary/aromatic N) is 2. The van der Waals surface area contributed by atoms with Crippen LogP contribution < -0.4 is 4.74 Å². The van der Waals surface area contributed by atoms with Gasteiger partial charge in [-0.2, -0.15) is 4.31 Å². The van der Waals surface area contributed by atoms with Crippen molar-refractivity contribution >= 4 is 21.9 Å². The molecule has 1 unspecified atom stereocenters. The number of hydrogen-bond acceptors (Lipinski definition) is 5. The Labute approximate surface area is 178 Å². The Kier molecular flexibility index (Phi) is 7.31. The fourth-order valence-electron chi connectivity index (χ4n) is 3.98. The molecule has 2 heterocycles. The van der Waals surface area contributed by atoms with Crippen LogP contribution in [0.3, 0.4) is 0 Å². The molecule has 1 aromatic carbocycles. The van der Waals surface area contributed by atoms with E-state index in [2.05, 4.69) is 0 Å². The van der Waals surface area contributed by atoms with Crippen LogP contribution >= 0.6 is 0 Å². The summed E-state index contributed by atoms with van der Waals surface area (Å²) in [6.07, 6.45) is 6.16. The third kappa shape index (κ3) is 6.36. The number of carbonyl (C=O) groups is 1. The highest BCUT2D eigenvalue weighted by molar-refractivity contribution is 7.88. The molecule has 1 saturated heterocycles. The molecule has 2 aliphatic heterocycles. The number of alkyl halides is 1. The smallest absolute Gasteiger partial charge is 0.211 e. The maximum atomic E-state index is 13.8. The molecule has 0 aliphatic carbocycles. The number of likely N-dealkylation sites (tertiary alicyclic amines) is 1. The molecule has 0 spiro atoms. The molecule has 0 amide bonds. The van der Waals surface area contributed by atoms with Gasteiger partial charge in [0.25, 0.3) is 0 Å². The van der Waals surface area contributed by atoms with Crippen molar-refractivity contribution in [1.29, 1.82) is 0 Å². The SMILES string of the molecule is CC(F)(C=O)CN1CCC(COc2ccc(C3=CCN(S(C)(=O)=O)CC3)cc2)CC1. The van der Waals surface area contributed by atoms with Crippen LogP contribution in [-0.2, 0) is 14.8 Å². The first-order valence-electron chi connectivity index (χ1n) is 10.4. The van der Waals surface area contributed by atoms with Gasteiger partial charge in [0, 0.05) is 19.6 Å². The van der Waals surface area contributed by atoms with Gasteiger partial charge in [0.2, 0.25) is 10.0 Å². The molecule has 0 saturated carbocycles. The maximum Gasteiger partial charge on any atom is 0.211 e. The fourth-order valence-corrected chi connectivity index (χ4v) is 4.75. The average molecular weight is 439 g/mol. The van der Waals surface area contributed by atoms with Gasteiger partial charge in [-0.1, -0.05) is 18.2 Å². The highest BCUT2D eigenvalue weighted by atomic mass is 32.2. The van der Waals surface area contributed by atoms with Crippen molar-refractivity contribution in [3.63, 3.8) is 0 Å². The van der Waals surface area contributed by atoms with Gasteiger partial charge in [-0.05, 0) is 68.5 Å². The second-order valence-electron chi connectivity index (χ2n) is 8.55. The molecular formula is C22H31FN2O4S. The zero-order chi connectivity index (χ0) is 21.8. The first-order valence-corrected chi connectivity index (χ1v) is 12.3. The molecule has 0 N–H and O–H groups in total. The summed E-state index contributed by atoms with van der Waals surface area (Å²) in [7, 11) is -3.14. The lowest BCUT2D eigenvalue weighted by atomic mass is 9.96. The van der Waals surface area contributed by atoms with Crippen molar-refractivity contribution < 1.29 is 22.3 Å². The third-order valence-corrected chi connectivity index (χ3v) is 7.11. The third-order valence-electron chi connectivity index (χ3n) is 5.84. The average Bonchev–Trinajstić information content (AvgIpc) is 2.73. The quantitative estimate of drug-likeness (QED) is 0.584. The maximum absolute atomic E-state index is 13.8. The van der Waals surface area contributed by atoms with E-state index >= 15 is 0 Å². The Morgan fingerprint density at radius 3 is 2.40 bits per heavy atom. The van der Waals surface area contributed by atoms with E-state index in [1.54, 1.807) is 0 Å². The van der Waals surface area contributed by atoms with Gasteiger partial charge in [0.05, 0.1) is 12.9 Å². The van der Waals surface area contributed by atoms with Crippen molar-refractivity contribution in [3.8, 4) is 5.75 Å². The van der Waals surface area contributed by atoms with Crippen LogP contribution in [0.2, 0.25) is 0 Å². The van der Waals surface area contributed by atoms with E-state index in [1.165, 1.54) is 17.5 Å². The van der Waals surface area contributed by atoms with E-state index in [1.807, 2.05) is 35.2 Å². The number of halogens is 1. The summed E-state index contributed by atoms with van der Waals surface area (Å²) in [5, 5.41) is 0. The molecule has 8 heteroatoms. The number of sulfonamides is 1. The summed E-state index contributed by atoms with van der Waals surface area (Å²) in [4.78, 5) is 12.8. The summed E-state index contributed by atoms with van der Waals surface area (Å²) in [5.41, 5.74) is 0.472. The van der Waals surface area contributed by atoms with Crippen molar-refractivity contribution in [1.82, 2.24) is 9.21 Å². The number of hydrogen-bond donors (Lipinski definition) is 0. The topological polar surface area (TPSA) is 66.9 Å². The van der Waals surface area contributed by atoms with Crippen molar-refractivity contribution in [2.24, 2.45) is 5.92 Å². The Morgan fingerprint density at radius 1 is 1.20 bits per heavy atom. The molecule has 3 rings (SSSR count). The summed E-state index contributed by atoms with van der Waals surface area (Å²) in [6, 6.07) is 7.93. The summed E-state index contributed by atoms with van der Waals surface area (Å²) in [6.45, 7) is 4.58. The van der Waals surface area contributed by atoms with Gasteiger partial charge in [0.15, 0.2) is 12.0 Å². The Morgan fingerprint density at radius 2 is 1.87 bits per heavy atom. The molecular weight excluding hydrogens is 407 g/mol. The molecule has 0 aromatic heterocycles. The molecule has 30 heavy (non-hydrogen) atoms. The summed E-state index contributed by atoms with van der Waals surface area (Å²) >= 11 is 0. The van der Waals surface area contributed by atoms with Crippen LogP contribution in [0.1, 0.15) is 31.7 Å². The Balaban J connectivity index is 1.45. The number of carbonyl (C=O) groups excluding carboxylic acids is 1. The highest BCUT2D eigenvalue weighted by Crippen LogP contribution is 2.26. The van der Waals surface area contributed by atoms with E-state index in [9.17, 15) is 17.6 Å². The molecule has 1 aromatic rings. The van der Waals surface area contributed by atoms with Crippen LogP contribution in [0, 0.1) is 5.92 Å². The van der Waals surface area contributed by atoms with E-state index in [-0.39, 0.29) is 6.54 Å². The lowest BCUT2D eigenvalue weighted by Gasteiger charge is -2.33. The number of benzene rings is 1. The first-order chi connectivity index (χ1) is 14.2. The molecule has 1 fully saturated rings. The van der Waals surface area contributed by atoms with Gasteiger partial charge >= 0.3 is 0 Å². The monoisotopic (exact) mass is 438 g/mol. The summed E-state index contributed by atoms with van der Waals surface area (Å²) < 4.78 is 44.5. The molecule has 166 valence electrons. The van der Waals surface area contributed by atoms with Crippen molar-refractivity contribution in [3.05, 3.63) is 35.9 Å². The van der Waals surface area contributed by atoms with E-state index in [0.717, 1.165) is 42.8 Å². The van der Waals surface area contributed by atoms with E-state index < -0.39 is 15.7 Å². The normalized spacial score (nSPS) is 21.6. The second kappa shape index (κ2) is 9.58. The highest BCUT2D eigenvalue weighted by Gasteiger charge is 2.28. The van der Waals surface area contributed by atoms with Crippen LogP contribution in [-0.4, -0.2) is 75.2 Å². The first kappa shape index (κ1) is 22.9. The number of rotatable bonds is 8. The largest absolute Gasteiger partial charge is 0.493 e. The predicted octanol–water partition coefficient (Wildman–Crippen LogP) is 2.75. The van der Waals surface area contributed by atoms with Gasteiger partial charge in [-0.15, -0.1) is 0 Å². The molecule has 0 bridgehead atoms. The lowest BCUT2D eigenvalue weighted by molar-refractivity contribution is -0.118. The summed E-state index contributed by atoms with van der Waals surface area (Å²) in [5.74, 6) is 1.23. The fraction of sp³-hybridized carbons (Fsp3) is 0.591. The predicted molar refractivity (Wildman–Crippen MR) is 116 cm³/mol. The van der Waals surface area contributed by atoms with Gasteiger partial charge in [0.1, 0.15) is 5.75 Å². The van der Waals surface area contributed by atoms with Crippen molar-refractivity contribution in [2.45, 2.75) is 31.9 Å². The molecule has 6 nitrogen and oxygen atoms in total. The molecule has 0 radical (unpaired) electrons. The van der Waals surface area contributed by atoms with Gasteiger partial charge in [-0.3, -0.25) is 9.69 Å².